The molecular weight excluding hydrogens is 322 g/mol. The molecule has 1 atom stereocenters. The van der Waals surface area contributed by atoms with Gasteiger partial charge in [0.1, 0.15) is 5.57 Å². The van der Waals surface area contributed by atoms with Crippen LogP contribution in [0.5, 0.6) is 0 Å². The quantitative estimate of drug-likeness (QED) is 0.356. The molecule has 0 saturated heterocycles. The molecule has 2 N–H and O–H groups in total. The number of rotatable bonds is 8. The number of aliphatic hydroxyl groups is 1. The normalized spacial score (nSPS) is 20.0. The third kappa shape index (κ3) is 3.73. The maximum absolute atomic E-state index is 12.4. The van der Waals surface area contributed by atoms with Gasteiger partial charge in [0.2, 0.25) is 0 Å². The molecule has 0 aliphatic carbocycles. The molecule has 0 spiro atoms. The molecule has 0 bridgehead atoms. The molecule has 132 valence electrons. The van der Waals surface area contributed by atoms with E-state index in [2.05, 4.69) is 10.1 Å². The van der Waals surface area contributed by atoms with Crippen LogP contribution in [0.2, 0.25) is 0 Å². The van der Waals surface area contributed by atoms with Crippen molar-refractivity contribution < 1.29 is 38.5 Å². The number of allylic oxidation sites excluding steroid dienone is 1. The number of hydrogen-bond donors (Lipinski definition) is 2. The molecule has 1 heterocycles. The molecule has 0 unspecified atom stereocenters. The predicted molar refractivity (Wildman–Crippen MR) is 79.6 cm³/mol. The van der Waals surface area contributed by atoms with Gasteiger partial charge in [0.05, 0.1) is 26.6 Å². The minimum Gasteiger partial charge on any atom is -0.504 e. The first-order valence-corrected chi connectivity index (χ1v) is 7.16. The van der Waals surface area contributed by atoms with E-state index in [1.165, 1.54) is 21.0 Å². The van der Waals surface area contributed by atoms with Gasteiger partial charge in [0, 0.05) is 12.5 Å². The van der Waals surface area contributed by atoms with Gasteiger partial charge in [0.15, 0.2) is 17.1 Å². The number of esters is 2. The van der Waals surface area contributed by atoms with Crippen LogP contribution in [0.4, 0.5) is 0 Å². The zero-order chi connectivity index (χ0) is 18.3. The highest BCUT2D eigenvalue weighted by atomic mass is 16.5. The fraction of sp³-hybridized carbons (Fsp3) is 0.467. The molecule has 1 aliphatic rings. The summed E-state index contributed by atoms with van der Waals surface area (Å²) in [5.74, 6) is -4.84. The Morgan fingerprint density at radius 2 is 1.83 bits per heavy atom. The average molecular weight is 341 g/mol. The molecule has 0 aromatic rings. The van der Waals surface area contributed by atoms with Crippen LogP contribution >= 0.6 is 0 Å². The lowest BCUT2D eigenvalue weighted by Crippen LogP contribution is -2.55. The Morgan fingerprint density at radius 1 is 1.21 bits per heavy atom. The van der Waals surface area contributed by atoms with Gasteiger partial charge in [-0.15, -0.1) is 0 Å². The van der Waals surface area contributed by atoms with Gasteiger partial charge in [-0.2, -0.15) is 0 Å². The number of amides is 1. The van der Waals surface area contributed by atoms with Crippen LogP contribution in [-0.2, 0) is 33.4 Å². The third-order valence-corrected chi connectivity index (χ3v) is 3.14. The number of carbonyl (C=O) groups excluding carboxylic acids is 4. The van der Waals surface area contributed by atoms with Gasteiger partial charge in [-0.1, -0.05) is 0 Å². The van der Waals surface area contributed by atoms with E-state index < -0.39 is 46.9 Å². The lowest BCUT2D eigenvalue weighted by Gasteiger charge is -2.27. The maximum Gasteiger partial charge on any atom is 0.341 e. The highest BCUT2D eigenvalue weighted by molar-refractivity contribution is 6.16. The first-order valence-electron chi connectivity index (χ1n) is 7.16. The summed E-state index contributed by atoms with van der Waals surface area (Å²) in [4.78, 5) is 48.4. The van der Waals surface area contributed by atoms with Gasteiger partial charge in [0.25, 0.3) is 5.91 Å². The third-order valence-electron chi connectivity index (χ3n) is 3.14. The summed E-state index contributed by atoms with van der Waals surface area (Å²) < 4.78 is 14.3. The Labute approximate surface area is 138 Å². The van der Waals surface area contributed by atoms with E-state index in [1.807, 2.05) is 0 Å². The highest BCUT2D eigenvalue weighted by Gasteiger charge is 2.57. The van der Waals surface area contributed by atoms with Gasteiger partial charge in [-0.25, -0.2) is 9.59 Å². The summed E-state index contributed by atoms with van der Waals surface area (Å²) in [5.41, 5.74) is -2.80. The van der Waals surface area contributed by atoms with E-state index in [1.54, 1.807) is 0 Å². The average Bonchev–Trinajstić information content (AvgIpc) is 2.77. The van der Waals surface area contributed by atoms with Crippen molar-refractivity contribution in [3.05, 3.63) is 23.7 Å². The van der Waals surface area contributed by atoms with Crippen molar-refractivity contribution >= 4 is 23.6 Å². The van der Waals surface area contributed by atoms with Crippen molar-refractivity contribution in [3.63, 3.8) is 0 Å². The van der Waals surface area contributed by atoms with Gasteiger partial charge in [-0.05, 0) is 13.8 Å². The molecule has 0 fully saturated rings. The largest absolute Gasteiger partial charge is 0.504 e. The first kappa shape index (κ1) is 19.2. The molecule has 1 rings (SSSR count). The first-order chi connectivity index (χ1) is 11.3. The van der Waals surface area contributed by atoms with Gasteiger partial charge in [-0.3, -0.25) is 9.59 Å². The maximum atomic E-state index is 12.4. The second kappa shape index (κ2) is 8.14. The summed E-state index contributed by atoms with van der Waals surface area (Å²) in [5, 5.41) is 12.1. The van der Waals surface area contributed by atoms with E-state index >= 15 is 0 Å². The van der Waals surface area contributed by atoms with Crippen LogP contribution in [0.15, 0.2) is 23.7 Å². The minimum atomic E-state index is -2.15. The number of carbonyl (C=O) groups is 4. The topological polar surface area (TPSA) is 128 Å². The van der Waals surface area contributed by atoms with Crippen LogP contribution in [-0.4, -0.2) is 54.6 Å². The Balaban J connectivity index is 3.37. The monoisotopic (exact) mass is 341 g/mol. The summed E-state index contributed by atoms with van der Waals surface area (Å²) in [6, 6.07) is 0. The molecule has 0 saturated carbocycles. The van der Waals surface area contributed by atoms with E-state index in [4.69, 9.17) is 9.47 Å². The minimum absolute atomic E-state index is 0.0553. The lowest BCUT2D eigenvalue weighted by molar-refractivity contribution is -0.154. The molecule has 0 aromatic heterocycles. The standard InChI is InChI=1S/C15H19NO8/c1-4-23-13(20)10-11(18)12(19)16-15(10,14(21)24-5-2)8-9(17)6-7-22-3/h6-7,18H,4-5,8H2,1-3H3,(H,16,19)/b7-6+/t15-/m1/s1. The molecular formula is C15H19NO8. The number of nitrogens with one attached hydrogen (secondary N) is 1. The van der Waals surface area contributed by atoms with E-state index in [-0.39, 0.29) is 13.2 Å². The lowest BCUT2D eigenvalue weighted by atomic mass is 9.86. The Kier molecular flexibility index (Phi) is 6.51. The number of ether oxygens (including phenoxy) is 3. The Hall–Kier alpha value is -2.84. The summed E-state index contributed by atoms with van der Waals surface area (Å²) in [6.07, 6.45) is 1.45. The fourth-order valence-corrected chi connectivity index (χ4v) is 2.18. The van der Waals surface area contributed by atoms with Crippen LogP contribution in [0.1, 0.15) is 20.3 Å². The predicted octanol–water partition coefficient (Wildman–Crippen LogP) is -0.0874. The van der Waals surface area contributed by atoms with E-state index in [9.17, 15) is 24.3 Å². The van der Waals surface area contributed by atoms with Crippen molar-refractivity contribution in [2.45, 2.75) is 25.8 Å². The Bertz CT molecular complexity index is 607. The number of aliphatic hydroxyl groups excluding tert-OH is 1. The summed E-state index contributed by atoms with van der Waals surface area (Å²) in [6.45, 7) is 2.91. The summed E-state index contributed by atoms with van der Waals surface area (Å²) in [7, 11) is 1.32. The second-order valence-electron chi connectivity index (χ2n) is 4.71. The highest BCUT2D eigenvalue weighted by Crippen LogP contribution is 2.32. The van der Waals surface area contributed by atoms with Crippen molar-refractivity contribution in [1.82, 2.24) is 5.32 Å². The summed E-state index contributed by atoms with van der Waals surface area (Å²) >= 11 is 0. The van der Waals surface area contributed by atoms with Crippen molar-refractivity contribution in [2.75, 3.05) is 20.3 Å². The molecule has 9 nitrogen and oxygen atoms in total. The number of ketones is 1. The van der Waals surface area contributed by atoms with Crippen molar-refractivity contribution in [1.29, 1.82) is 0 Å². The molecule has 24 heavy (non-hydrogen) atoms. The zero-order valence-corrected chi connectivity index (χ0v) is 13.6. The van der Waals surface area contributed by atoms with Gasteiger partial charge < -0.3 is 24.6 Å². The zero-order valence-electron chi connectivity index (χ0n) is 13.6. The van der Waals surface area contributed by atoms with Gasteiger partial charge >= 0.3 is 11.9 Å². The number of hydrogen-bond acceptors (Lipinski definition) is 8. The molecule has 0 aromatic carbocycles. The van der Waals surface area contributed by atoms with Crippen LogP contribution in [0, 0.1) is 0 Å². The van der Waals surface area contributed by atoms with Crippen LogP contribution in [0.3, 0.4) is 0 Å². The van der Waals surface area contributed by atoms with Crippen molar-refractivity contribution in [3.8, 4) is 0 Å². The Morgan fingerprint density at radius 3 is 2.38 bits per heavy atom. The van der Waals surface area contributed by atoms with E-state index in [0.717, 1.165) is 12.3 Å². The molecule has 1 amide bonds. The number of methoxy groups -OCH3 is 1. The fourth-order valence-electron chi connectivity index (χ4n) is 2.18. The smallest absolute Gasteiger partial charge is 0.341 e. The van der Waals surface area contributed by atoms with Crippen LogP contribution < -0.4 is 5.32 Å². The SMILES string of the molecule is CCOC(=O)C1=C(O)C(=O)N[C@@]1(CC(=O)/C=C/OC)C(=O)OCC. The molecule has 1 aliphatic heterocycles. The van der Waals surface area contributed by atoms with E-state index in [0.29, 0.717) is 0 Å². The van der Waals surface area contributed by atoms with Crippen LogP contribution in [0.25, 0.3) is 0 Å². The molecule has 0 radical (unpaired) electrons. The second-order valence-corrected chi connectivity index (χ2v) is 4.71. The molecule has 9 heteroatoms. The van der Waals surface area contributed by atoms with Crippen molar-refractivity contribution in [2.24, 2.45) is 0 Å².